The Balaban J connectivity index is 1.62. The predicted octanol–water partition coefficient (Wildman–Crippen LogP) is 5.42. The number of imidazole rings is 1. The number of benzene rings is 3. The average Bonchev–Trinajstić information content (AvgIpc) is 3.26. The van der Waals surface area contributed by atoms with Gasteiger partial charge >= 0.3 is 5.97 Å². The van der Waals surface area contributed by atoms with Crippen LogP contribution in [-0.2, 0) is 25.1 Å². The number of unbranched alkanes of at least 4 members (excludes halogenated alkanes) is 2. The van der Waals surface area contributed by atoms with E-state index in [0.717, 1.165) is 30.5 Å². The molecule has 1 heterocycles. The summed E-state index contributed by atoms with van der Waals surface area (Å²) in [6.07, 6.45) is 2.79. The van der Waals surface area contributed by atoms with Crippen molar-refractivity contribution in [2.24, 2.45) is 0 Å². The molecule has 4 aromatic rings. The summed E-state index contributed by atoms with van der Waals surface area (Å²) in [4.78, 5) is 15.8. The van der Waals surface area contributed by atoms with Gasteiger partial charge < -0.3 is 9.47 Å². The number of rotatable bonds is 11. The van der Waals surface area contributed by atoms with E-state index in [9.17, 15) is 13.2 Å². The second kappa shape index (κ2) is 11.4. The molecular formula is C28H30N2O5S. The van der Waals surface area contributed by atoms with E-state index in [0.29, 0.717) is 35.4 Å². The molecule has 0 N–H and O–H groups in total. The fourth-order valence-corrected chi connectivity index (χ4v) is 5.45. The number of nitrogens with zero attached hydrogens (tertiary/aromatic N) is 2. The van der Waals surface area contributed by atoms with Crippen LogP contribution in [0.3, 0.4) is 0 Å². The third-order valence-corrected chi connectivity index (χ3v) is 7.43. The lowest BCUT2D eigenvalue weighted by atomic mass is 10.2. The number of methoxy groups -OCH3 is 1. The highest BCUT2D eigenvalue weighted by molar-refractivity contribution is 7.90. The molecule has 0 unspecified atom stereocenters. The van der Waals surface area contributed by atoms with E-state index in [2.05, 4.69) is 9.72 Å². The number of aryl methyl sites for hydroxylation is 1. The molecule has 0 saturated heterocycles. The molecule has 0 amide bonds. The minimum absolute atomic E-state index is 0.00478. The van der Waals surface area contributed by atoms with Crippen LogP contribution in [-0.4, -0.2) is 37.7 Å². The molecular weight excluding hydrogens is 476 g/mol. The molecule has 8 heteroatoms. The van der Waals surface area contributed by atoms with E-state index in [-0.39, 0.29) is 16.9 Å². The van der Waals surface area contributed by atoms with Gasteiger partial charge in [-0.3, -0.25) is 9.36 Å². The van der Waals surface area contributed by atoms with Gasteiger partial charge in [0.25, 0.3) is 0 Å². The summed E-state index contributed by atoms with van der Waals surface area (Å²) in [5.74, 6) is 0.289. The number of esters is 1. The fourth-order valence-electron chi connectivity index (χ4n) is 3.97. The summed E-state index contributed by atoms with van der Waals surface area (Å²) in [5.41, 5.74) is 3.74. The number of carbonyl (C=O) groups excluding carboxylic acids is 1. The zero-order valence-electron chi connectivity index (χ0n) is 20.5. The SMILES string of the molecule is COC(=O)CCCCCOc1ccc2nc(S(=O)(=O)Cc3ccccc3)n(-c3ccc(C)cc3)c2c1. The van der Waals surface area contributed by atoms with Gasteiger partial charge in [0, 0.05) is 18.2 Å². The quantitative estimate of drug-likeness (QED) is 0.199. The minimum Gasteiger partial charge on any atom is -0.494 e. The maximum absolute atomic E-state index is 13.5. The summed E-state index contributed by atoms with van der Waals surface area (Å²) in [5, 5.41) is 0.00478. The maximum Gasteiger partial charge on any atom is 0.305 e. The van der Waals surface area contributed by atoms with Crippen LogP contribution < -0.4 is 4.74 Å². The van der Waals surface area contributed by atoms with Gasteiger partial charge in [0.05, 0.1) is 30.5 Å². The first-order chi connectivity index (χ1) is 17.4. The van der Waals surface area contributed by atoms with Gasteiger partial charge in [-0.2, -0.15) is 0 Å². The minimum atomic E-state index is -3.74. The third-order valence-electron chi connectivity index (χ3n) is 5.89. The average molecular weight is 507 g/mol. The molecule has 0 spiro atoms. The number of fused-ring (bicyclic) bond motifs is 1. The van der Waals surface area contributed by atoms with Crippen LogP contribution >= 0.6 is 0 Å². The second-order valence-electron chi connectivity index (χ2n) is 8.70. The highest BCUT2D eigenvalue weighted by Gasteiger charge is 2.25. The van der Waals surface area contributed by atoms with Gasteiger partial charge in [0.1, 0.15) is 5.75 Å². The van der Waals surface area contributed by atoms with Gasteiger partial charge in [0.15, 0.2) is 0 Å². The number of ether oxygens (including phenoxy) is 2. The molecule has 0 aliphatic rings. The molecule has 0 aliphatic carbocycles. The van der Waals surface area contributed by atoms with Crippen LogP contribution in [0.15, 0.2) is 78.0 Å². The monoisotopic (exact) mass is 506 g/mol. The molecule has 0 bridgehead atoms. The zero-order chi connectivity index (χ0) is 25.5. The van der Waals surface area contributed by atoms with Gasteiger partial charge in [-0.1, -0.05) is 48.0 Å². The Bertz CT molecular complexity index is 1430. The fraction of sp³-hybridized carbons (Fsp3) is 0.286. The maximum atomic E-state index is 13.5. The van der Waals surface area contributed by atoms with E-state index >= 15 is 0 Å². The van der Waals surface area contributed by atoms with Crippen molar-refractivity contribution in [1.82, 2.24) is 9.55 Å². The summed E-state index contributed by atoms with van der Waals surface area (Å²) >= 11 is 0. The molecule has 0 atom stereocenters. The molecule has 3 aromatic carbocycles. The molecule has 1 aromatic heterocycles. The van der Waals surface area contributed by atoms with E-state index in [1.807, 2.05) is 55.5 Å². The van der Waals surface area contributed by atoms with Crippen LogP contribution in [0.4, 0.5) is 0 Å². The van der Waals surface area contributed by atoms with Crippen LogP contribution in [0.5, 0.6) is 5.75 Å². The first-order valence-electron chi connectivity index (χ1n) is 11.9. The van der Waals surface area contributed by atoms with Crippen molar-refractivity contribution < 1.29 is 22.7 Å². The van der Waals surface area contributed by atoms with Crippen molar-refractivity contribution >= 4 is 26.8 Å². The van der Waals surface area contributed by atoms with Gasteiger partial charge in [-0.15, -0.1) is 0 Å². The standard InChI is InChI=1S/C28H30N2O5S/c1-21-12-14-23(15-13-21)30-26-19-24(35-18-8-4-7-11-27(31)34-2)16-17-25(26)29-28(30)36(32,33)20-22-9-5-3-6-10-22/h3,5-6,9-10,12-17,19H,4,7-8,11,18,20H2,1-2H3. The summed E-state index contributed by atoms with van der Waals surface area (Å²) in [6.45, 7) is 2.48. The summed E-state index contributed by atoms with van der Waals surface area (Å²) in [6, 6.07) is 22.2. The molecule has 0 saturated carbocycles. The lowest BCUT2D eigenvalue weighted by molar-refractivity contribution is -0.140. The Morgan fingerprint density at radius 3 is 2.42 bits per heavy atom. The number of carbonyl (C=O) groups is 1. The van der Waals surface area contributed by atoms with Gasteiger partial charge in [0.2, 0.25) is 15.0 Å². The number of sulfone groups is 1. The first kappa shape index (κ1) is 25.4. The molecule has 188 valence electrons. The summed E-state index contributed by atoms with van der Waals surface area (Å²) in [7, 11) is -2.35. The lowest BCUT2D eigenvalue weighted by Gasteiger charge is -2.11. The van der Waals surface area contributed by atoms with Crippen molar-refractivity contribution in [2.75, 3.05) is 13.7 Å². The lowest BCUT2D eigenvalue weighted by Crippen LogP contribution is -2.12. The molecule has 0 fully saturated rings. The van der Waals surface area contributed by atoms with Crippen molar-refractivity contribution in [1.29, 1.82) is 0 Å². The Morgan fingerprint density at radius 1 is 0.944 bits per heavy atom. The Kier molecular flexibility index (Phi) is 8.05. The van der Waals surface area contributed by atoms with Crippen LogP contribution in [0, 0.1) is 6.92 Å². The highest BCUT2D eigenvalue weighted by atomic mass is 32.2. The zero-order valence-corrected chi connectivity index (χ0v) is 21.3. The normalized spacial score (nSPS) is 11.5. The van der Waals surface area contributed by atoms with E-state index in [1.165, 1.54) is 7.11 Å². The van der Waals surface area contributed by atoms with E-state index in [4.69, 9.17) is 4.74 Å². The van der Waals surface area contributed by atoms with Crippen molar-refractivity contribution in [2.45, 2.75) is 43.5 Å². The van der Waals surface area contributed by atoms with E-state index < -0.39 is 9.84 Å². The Labute approximate surface area is 211 Å². The van der Waals surface area contributed by atoms with Crippen LogP contribution in [0.1, 0.15) is 36.8 Å². The molecule has 0 aliphatic heterocycles. The summed E-state index contributed by atoms with van der Waals surface area (Å²) < 4.78 is 39.3. The molecule has 7 nitrogen and oxygen atoms in total. The van der Waals surface area contributed by atoms with E-state index in [1.54, 1.807) is 28.8 Å². The largest absolute Gasteiger partial charge is 0.494 e. The number of hydrogen-bond acceptors (Lipinski definition) is 6. The van der Waals surface area contributed by atoms with Gasteiger partial charge in [-0.25, -0.2) is 13.4 Å². The second-order valence-corrected chi connectivity index (χ2v) is 10.6. The predicted molar refractivity (Wildman–Crippen MR) is 139 cm³/mol. The van der Waals surface area contributed by atoms with Crippen molar-refractivity contribution in [3.63, 3.8) is 0 Å². The smallest absolute Gasteiger partial charge is 0.305 e. The molecule has 4 rings (SSSR count). The molecule has 0 radical (unpaired) electrons. The topological polar surface area (TPSA) is 87.5 Å². The number of aromatic nitrogens is 2. The van der Waals surface area contributed by atoms with Crippen molar-refractivity contribution in [3.8, 4) is 11.4 Å². The first-order valence-corrected chi connectivity index (χ1v) is 13.6. The Morgan fingerprint density at radius 2 is 1.69 bits per heavy atom. The molecule has 36 heavy (non-hydrogen) atoms. The Hall–Kier alpha value is -3.65. The highest BCUT2D eigenvalue weighted by Crippen LogP contribution is 2.29. The third kappa shape index (κ3) is 6.12. The van der Waals surface area contributed by atoms with Crippen LogP contribution in [0.25, 0.3) is 16.7 Å². The van der Waals surface area contributed by atoms with Crippen LogP contribution in [0.2, 0.25) is 0 Å². The van der Waals surface area contributed by atoms with Gasteiger partial charge in [-0.05, 0) is 56.0 Å². The number of hydrogen-bond donors (Lipinski definition) is 0. The van der Waals surface area contributed by atoms with Crippen molar-refractivity contribution in [3.05, 3.63) is 83.9 Å².